The molecule has 0 saturated carbocycles. The van der Waals surface area contributed by atoms with Crippen LogP contribution in [0.1, 0.15) is 30.3 Å². The van der Waals surface area contributed by atoms with E-state index in [1.165, 1.54) is 13.3 Å². The molecule has 108 valence electrons. The molecule has 1 fully saturated rings. The number of piperidine rings is 1. The molecule has 20 heavy (non-hydrogen) atoms. The molecule has 2 heterocycles. The van der Waals surface area contributed by atoms with E-state index in [0.717, 1.165) is 18.7 Å². The second-order valence-corrected chi connectivity index (χ2v) is 5.28. The first-order chi connectivity index (χ1) is 9.46. The molecule has 1 saturated heterocycles. The molecule has 1 unspecified atom stereocenters. The van der Waals surface area contributed by atoms with Crippen molar-refractivity contribution in [1.82, 2.24) is 4.98 Å². The number of hydrogen-bond acceptors (Lipinski definition) is 5. The van der Waals surface area contributed by atoms with Crippen molar-refractivity contribution in [2.24, 2.45) is 5.41 Å². The molecular weight excluding hydrogens is 260 g/mol. The Morgan fingerprint density at radius 1 is 1.50 bits per heavy atom. The molecule has 1 aromatic rings. The van der Waals surface area contributed by atoms with E-state index in [1.54, 1.807) is 19.1 Å². The van der Waals surface area contributed by atoms with Crippen molar-refractivity contribution in [2.45, 2.75) is 19.8 Å². The van der Waals surface area contributed by atoms with Crippen molar-refractivity contribution in [3.8, 4) is 0 Å². The van der Waals surface area contributed by atoms with E-state index in [1.807, 2.05) is 4.90 Å². The lowest BCUT2D eigenvalue weighted by Crippen LogP contribution is -2.46. The van der Waals surface area contributed by atoms with Crippen LogP contribution in [0.15, 0.2) is 18.3 Å². The molecule has 1 aromatic heterocycles. The largest absolute Gasteiger partial charge is 0.481 e. The van der Waals surface area contributed by atoms with Gasteiger partial charge in [0.15, 0.2) is 0 Å². The lowest BCUT2D eigenvalue weighted by Gasteiger charge is -2.38. The van der Waals surface area contributed by atoms with Gasteiger partial charge in [0.1, 0.15) is 5.69 Å². The Morgan fingerprint density at radius 2 is 2.25 bits per heavy atom. The number of aliphatic carboxylic acids is 1. The summed E-state index contributed by atoms with van der Waals surface area (Å²) >= 11 is 0. The Bertz CT molecular complexity index is 532. The molecule has 6 nitrogen and oxygen atoms in total. The summed E-state index contributed by atoms with van der Waals surface area (Å²) in [5, 5.41) is 9.33. The van der Waals surface area contributed by atoms with Crippen LogP contribution in [0, 0.1) is 5.41 Å². The maximum absolute atomic E-state index is 11.5. The molecule has 0 bridgehead atoms. The van der Waals surface area contributed by atoms with Crippen molar-refractivity contribution in [1.29, 1.82) is 0 Å². The van der Waals surface area contributed by atoms with Gasteiger partial charge in [-0.2, -0.15) is 0 Å². The highest BCUT2D eigenvalue weighted by atomic mass is 16.5. The predicted octanol–water partition coefficient (Wildman–Crippen LogP) is 1.56. The third-order valence-corrected chi connectivity index (χ3v) is 3.72. The topological polar surface area (TPSA) is 79.7 Å². The summed E-state index contributed by atoms with van der Waals surface area (Å²) in [6, 6.07) is 3.42. The van der Waals surface area contributed by atoms with E-state index in [9.17, 15) is 14.7 Å². The van der Waals surface area contributed by atoms with E-state index in [-0.39, 0.29) is 5.69 Å². The highest BCUT2D eigenvalue weighted by molar-refractivity contribution is 5.88. The molecule has 0 amide bonds. The Kier molecular flexibility index (Phi) is 3.92. The smallest absolute Gasteiger partial charge is 0.356 e. The number of rotatable bonds is 3. The van der Waals surface area contributed by atoms with Crippen molar-refractivity contribution in [2.75, 3.05) is 25.1 Å². The number of nitrogens with zero attached hydrogens (tertiary/aromatic N) is 2. The standard InChI is InChI=1S/C14H18N2O4/c1-14(13(18)19)5-3-7-16(9-14)10-4-6-15-11(8-10)12(17)20-2/h4,6,8H,3,5,7,9H2,1-2H3,(H,18,19). The number of anilines is 1. The number of esters is 1. The molecule has 0 aromatic carbocycles. The van der Waals surface area contributed by atoms with Gasteiger partial charge in [-0.1, -0.05) is 0 Å². The first-order valence-corrected chi connectivity index (χ1v) is 6.49. The number of pyridine rings is 1. The van der Waals surface area contributed by atoms with E-state index in [4.69, 9.17) is 0 Å². The summed E-state index contributed by atoms with van der Waals surface area (Å²) in [5.74, 6) is -1.28. The number of carbonyl (C=O) groups excluding carboxylic acids is 1. The SMILES string of the molecule is COC(=O)c1cc(N2CCCC(C)(C(=O)O)C2)ccn1. The summed E-state index contributed by atoms with van der Waals surface area (Å²) in [6.45, 7) is 2.95. The number of hydrogen-bond donors (Lipinski definition) is 1. The van der Waals surface area contributed by atoms with Gasteiger partial charge in [0, 0.05) is 25.0 Å². The molecule has 1 aliphatic rings. The summed E-state index contributed by atoms with van der Waals surface area (Å²) < 4.78 is 4.64. The molecule has 0 radical (unpaired) electrons. The summed E-state index contributed by atoms with van der Waals surface area (Å²) in [5.41, 5.74) is 0.271. The van der Waals surface area contributed by atoms with E-state index in [0.29, 0.717) is 13.0 Å². The van der Waals surface area contributed by atoms with Crippen LogP contribution in [0.5, 0.6) is 0 Å². The van der Waals surface area contributed by atoms with Gasteiger partial charge in [-0.25, -0.2) is 9.78 Å². The zero-order chi connectivity index (χ0) is 14.8. The lowest BCUT2D eigenvalue weighted by molar-refractivity contribution is -0.148. The minimum atomic E-state index is -0.788. The summed E-state index contributed by atoms with van der Waals surface area (Å²) in [4.78, 5) is 28.8. The van der Waals surface area contributed by atoms with Crippen LogP contribution in [0.2, 0.25) is 0 Å². The number of carboxylic acids is 1. The van der Waals surface area contributed by atoms with Gasteiger partial charge in [0.2, 0.25) is 0 Å². The molecule has 6 heteroatoms. The molecule has 1 N–H and O–H groups in total. The van der Waals surface area contributed by atoms with Crippen LogP contribution < -0.4 is 4.90 Å². The van der Waals surface area contributed by atoms with E-state index in [2.05, 4.69) is 9.72 Å². The van der Waals surface area contributed by atoms with Gasteiger partial charge in [0.25, 0.3) is 0 Å². The fourth-order valence-corrected chi connectivity index (χ4v) is 2.47. The van der Waals surface area contributed by atoms with Crippen LogP contribution in [0.25, 0.3) is 0 Å². The van der Waals surface area contributed by atoms with Crippen molar-refractivity contribution in [3.05, 3.63) is 24.0 Å². The Morgan fingerprint density at radius 3 is 2.90 bits per heavy atom. The Hall–Kier alpha value is -2.11. The number of carbonyl (C=O) groups is 2. The van der Waals surface area contributed by atoms with Crippen LogP contribution in [0.3, 0.4) is 0 Å². The predicted molar refractivity (Wildman–Crippen MR) is 72.8 cm³/mol. The zero-order valence-electron chi connectivity index (χ0n) is 11.6. The fourth-order valence-electron chi connectivity index (χ4n) is 2.47. The lowest BCUT2D eigenvalue weighted by atomic mass is 9.82. The summed E-state index contributed by atoms with van der Waals surface area (Å²) in [7, 11) is 1.30. The summed E-state index contributed by atoms with van der Waals surface area (Å²) in [6.07, 6.45) is 3.00. The highest BCUT2D eigenvalue weighted by Crippen LogP contribution is 2.32. The average molecular weight is 278 g/mol. The van der Waals surface area contributed by atoms with Gasteiger partial charge in [-0.05, 0) is 31.9 Å². The maximum atomic E-state index is 11.5. The zero-order valence-corrected chi connectivity index (χ0v) is 11.6. The molecule has 1 atom stereocenters. The van der Waals surface area contributed by atoms with Crippen molar-refractivity contribution < 1.29 is 19.4 Å². The second kappa shape index (κ2) is 5.48. The Labute approximate surface area is 117 Å². The molecule has 2 rings (SSSR count). The van der Waals surface area contributed by atoms with Gasteiger partial charge < -0.3 is 14.7 Å². The Balaban J connectivity index is 2.23. The van der Waals surface area contributed by atoms with E-state index >= 15 is 0 Å². The third kappa shape index (κ3) is 2.74. The fraction of sp³-hybridized carbons (Fsp3) is 0.500. The van der Waals surface area contributed by atoms with Crippen LogP contribution >= 0.6 is 0 Å². The van der Waals surface area contributed by atoms with Crippen LogP contribution in [-0.2, 0) is 9.53 Å². The molecule has 0 aliphatic carbocycles. The van der Waals surface area contributed by atoms with Crippen molar-refractivity contribution in [3.63, 3.8) is 0 Å². The van der Waals surface area contributed by atoms with Crippen molar-refractivity contribution >= 4 is 17.6 Å². The van der Waals surface area contributed by atoms with Gasteiger partial charge >= 0.3 is 11.9 Å². The number of methoxy groups -OCH3 is 1. The molecule has 0 spiro atoms. The van der Waals surface area contributed by atoms with Gasteiger partial charge in [-0.3, -0.25) is 4.79 Å². The average Bonchev–Trinajstić information content (AvgIpc) is 2.46. The second-order valence-electron chi connectivity index (χ2n) is 5.28. The minimum absolute atomic E-state index is 0.229. The van der Waals surface area contributed by atoms with Crippen LogP contribution in [-0.4, -0.2) is 42.2 Å². The number of carboxylic acid groups (broad SMARTS) is 1. The van der Waals surface area contributed by atoms with Crippen LogP contribution in [0.4, 0.5) is 5.69 Å². The van der Waals surface area contributed by atoms with Gasteiger partial charge in [0.05, 0.1) is 12.5 Å². The number of aromatic nitrogens is 1. The minimum Gasteiger partial charge on any atom is -0.481 e. The highest BCUT2D eigenvalue weighted by Gasteiger charge is 2.38. The first kappa shape index (κ1) is 14.3. The first-order valence-electron chi connectivity index (χ1n) is 6.49. The quantitative estimate of drug-likeness (QED) is 0.845. The monoisotopic (exact) mass is 278 g/mol. The third-order valence-electron chi connectivity index (χ3n) is 3.72. The molecule has 1 aliphatic heterocycles. The maximum Gasteiger partial charge on any atom is 0.356 e. The number of ether oxygens (including phenoxy) is 1. The van der Waals surface area contributed by atoms with Gasteiger partial charge in [-0.15, -0.1) is 0 Å². The normalized spacial score (nSPS) is 22.4. The van der Waals surface area contributed by atoms with E-state index < -0.39 is 17.4 Å². The molecular formula is C14H18N2O4.